The Hall–Kier alpha value is -1.11. The maximum atomic E-state index is 12.1. The van der Waals surface area contributed by atoms with Crippen molar-refractivity contribution in [2.24, 2.45) is 5.41 Å². The van der Waals surface area contributed by atoms with E-state index in [0.717, 1.165) is 6.42 Å². The van der Waals surface area contributed by atoms with Crippen LogP contribution in [0.25, 0.3) is 0 Å². The van der Waals surface area contributed by atoms with Crippen LogP contribution in [0.4, 0.5) is 0 Å². The second-order valence-corrected chi connectivity index (χ2v) is 7.68. The average molecular weight is 290 g/mol. The second kappa shape index (κ2) is 5.90. The van der Waals surface area contributed by atoms with Crippen LogP contribution < -0.4 is 10.6 Å². The first-order valence-electron chi connectivity index (χ1n) is 6.48. The molecule has 6 nitrogen and oxygen atoms in total. The minimum absolute atomic E-state index is 0.0363. The summed E-state index contributed by atoms with van der Waals surface area (Å²) in [6, 6.07) is -0.379. The fourth-order valence-electron chi connectivity index (χ4n) is 1.84. The van der Waals surface area contributed by atoms with E-state index in [2.05, 4.69) is 10.6 Å². The Morgan fingerprint density at radius 3 is 2.37 bits per heavy atom. The molecular formula is C12H22N2O4S. The van der Waals surface area contributed by atoms with Gasteiger partial charge in [-0.25, -0.2) is 8.42 Å². The largest absolute Gasteiger partial charge is 0.355 e. The molecule has 2 N–H and O–H groups in total. The van der Waals surface area contributed by atoms with Crippen LogP contribution in [-0.4, -0.2) is 44.3 Å². The lowest BCUT2D eigenvalue weighted by Gasteiger charge is -2.24. The SMILES string of the molecule is CCCNC(=O)C(C)(C)C(=O)NC1CCS(=O)(=O)C1. The van der Waals surface area contributed by atoms with E-state index in [1.54, 1.807) is 0 Å². The zero-order chi connectivity index (χ0) is 14.7. The lowest BCUT2D eigenvalue weighted by atomic mass is 9.90. The molecule has 1 aliphatic rings. The van der Waals surface area contributed by atoms with Crippen LogP contribution in [0, 0.1) is 5.41 Å². The van der Waals surface area contributed by atoms with E-state index in [9.17, 15) is 18.0 Å². The van der Waals surface area contributed by atoms with Crippen molar-refractivity contribution in [3.05, 3.63) is 0 Å². The summed E-state index contributed by atoms with van der Waals surface area (Å²) in [6.45, 7) is 5.53. The van der Waals surface area contributed by atoms with E-state index in [1.165, 1.54) is 13.8 Å². The highest BCUT2D eigenvalue weighted by molar-refractivity contribution is 7.91. The van der Waals surface area contributed by atoms with E-state index in [4.69, 9.17) is 0 Å². The number of carbonyl (C=O) groups excluding carboxylic acids is 2. The molecule has 1 fully saturated rings. The molecule has 110 valence electrons. The third-order valence-corrected chi connectivity index (χ3v) is 5.01. The molecule has 0 saturated carbocycles. The van der Waals surface area contributed by atoms with Crippen LogP contribution >= 0.6 is 0 Å². The molecule has 0 bridgehead atoms. The van der Waals surface area contributed by atoms with Crippen molar-refractivity contribution in [1.82, 2.24) is 10.6 Å². The lowest BCUT2D eigenvalue weighted by Crippen LogP contribution is -2.50. The molecule has 0 radical (unpaired) electrons. The first-order valence-corrected chi connectivity index (χ1v) is 8.31. The average Bonchev–Trinajstić information content (AvgIpc) is 2.65. The number of nitrogens with one attached hydrogen (secondary N) is 2. The third kappa shape index (κ3) is 4.19. The highest BCUT2D eigenvalue weighted by atomic mass is 32.2. The number of amides is 2. The molecule has 2 amide bonds. The topological polar surface area (TPSA) is 92.3 Å². The first-order chi connectivity index (χ1) is 8.69. The van der Waals surface area contributed by atoms with Crippen LogP contribution in [0.15, 0.2) is 0 Å². The van der Waals surface area contributed by atoms with Gasteiger partial charge in [0.2, 0.25) is 11.8 Å². The van der Waals surface area contributed by atoms with Gasteiger partial charge in [-0.2, -0.15) is 0 Å². The maximum absolute atomic E-state index is 12.1. The third-order valence-electron chi connectivity index (χ3n) is 3.24. The predicted molar refractivity (Wildman–Crippen MR) is 72.3 cm³/mol. The summed E-state index contributed by atoms with van der Waals surface area (Å²) in [5.41, 5.74) is -1.19. The Kier molecular flexibility index (Phi) is 4.95. The molecule has 0 aromatic heterocycles. The summed E-state index contributed by atoms with van der Waals surface area (Å²) in [5, 5.41) is 5.33. The predicted octanol–water partition coefficient (Wildman–Crippen LogP) is -0.158. The van der Waals surface area contributed by atoms with Crippen molar-refractivity contribution in [3.8, 4) is 0 Å². The van der Waals surface area contributed by atoms with Crippen molar-refractivity contribution < 1.29 is 18.0 Å². The minimum atomic E-state index is -3.04. The molecular weight excluding hydrogens is 268 g/mol. The molecule has 1 unspecified atom stereocenters. The summed E-state index contributed by atoms with van der Waals surface area (Å²) in [4.78, 5) is 23.9. The number of hydrogen-bond acceptors (Lipinski definition) is 4. The van der Waals surface area contributed by atoms with Gasteiger partial charge in [-0.15, -0.1) is 0 Å². The summed E-state index contributed by atoms with van der Waals surface area (Å²) in [6.07, 6.45) is 1.21. The van der Waals surface area contributed by atoms with Gasteiger partial charge in [-0.1, -0.05) is 6.92 Å². The molecule has 1 heterocycles. The van der Waals surface area contributed by atoms with Crippen LogP contribution in [0.1, 0.15) is 33.6 Å². The van der Waals surface area contributed by atoms with Crippen molar-refractivity contribution in [2.75, 3.05) is 18.1 Å². The van der Waals surface area contributed by atoms with Crippen molar-refractivity contribution in [3.63, 3.8) is 0 Å². The smallest absolute Gasteiger partial charge is 0.235 e. The van der Waals surface area contributed by atoms with Gasteiger partial charge in [0.05, 0.1) is 11.5 Å². The van der Waals surface area contributed by atoms with Crippen LogP contribution in [0.3, 0.4) is 0 Å². The highest BCUT2D eigenvalue weighted by Crippen LogP contribution is 2.18. The van der Waals surface area contributed by atoms with Crippen LogP contribution in [-0.2, 0) is 19.4 Å². The van der Waals surface area contributed by atoms with Gasteiger partial charge >= 0.3 is 0 Å². The molecule has 0 aromatic carbocycles. The molecule has 19 heavy (non-hydrogen) atoms. The summed E-state index contributed by atoms with van der Waals surface area (Å²) < 4.78 is 22.6. The summed E-state index contributed by atoms with van der Waals surface area (Å²) in [5.74, 6) is -0.706. The normalized spacial score (nSPS) is 21.9. The van der Waals surface area contributed by atoms with E-state index in [-0.39, 0.29) is 23.5 Å². The van der Waals surface area contributed by atoms with E-state index in [0.29, 0.717) is 13.0 Å². The van der Waals surface area contributed by atoms with Crippen molar-refractivity contribution >= 4 is 21.7 Å². The lowest BCUT2D eigenvalue weighted by molar-refractivity contribution is -0.141. The summed E-state index contributed by atoms with van der Waals surface area (Å²) in [7, 11) is -3.04. The Labute approximate surface area is 114 Å². The Balaban J connectivity index is 2.59. The van der Waals surface area contributed by atoms with Crippen molar-refractivity contribution in [2.45, 2.75) is 39.7 Å². The number of sulfone groups is 1. The van der Waals surface area contributed by atoms with Gasteiger partial charge in [0.1, 0.15) is 5.41 Å². The first kappa shape index (κ1) is 15.9. The number of rotatable bonds is 5. The Morgan fingerprint density at radius 2 is 1.89 bits per heavy atom. The molecule has 7 heteroatoms. The van der Waals surface area contributed by atoms with Gasteiger partial charge in [0.15, 0.2) is 9.84 Å². The monoisotopic (exact) mass is 290 g/mol. The molecule has 0 aliphatic carbocycles. The Bertz CT molecular complexity index is 456. The van der Waals surface area contributed by atoms with Crippen molar-refractivity contribution in [1.29, 1.82) is 0 Å². The zero-order valence-electron chi connectivity index (χ0n) is 11.7. The van der Waals surface area contributed by atoms with Crippen LogP contribution in [0.2, 0.25) is 0 Å². The molecule has 0 aromatic rings. The molecule has 1 saturated heterocycles. The molecule has 1 aliphatic heterocycles. The highest BCUT2D eigenvalue weighted by Gasteiger charge is 2.38. The Morgan fingerprint density at radius 1 is 1.26 bits per heavy atom. The van der Waals surface area contributed by atoms with Gasteiger partial charge in [-0.3, -0.25) is 9.59 Å². The molecule has 1 rings (SSSR count). The van der Waals surface area contributed by atoms with Gasteiger partial charge in [-0.05, 0) is 26.7 Å². The zero-order valence-corrected chi connectivity index (χ0v) is 12.5. The standard InChI is InChI=1S/C12H22N2O4S/c1-4-6-13-10(15)12(2,3)11(16)14-9-5-7-19(17,18)8-9/h9H,4-8H2,1-3H3,(H,13,15)(H,14,16). The number of hydrogen-bond donors (Lipinski definition) is 2. The van der Waals surface area contributed by atoms with E-state index in [1.807, 2.05) is 6.92 Å². The summed E-state index contributed by atoms with van der Waals surface area (Å²) >= 11 is 0. The molecule has 1 atom stereocenters. The maximum Gasteiger partial charge on any atom is 0.235 e. The van der Waals surface area contributed by atoms with E-state index >= 15 is 0 Å². The van der Waals surface area contributed by atoms with Crippen LogP contribution in [0.5, 0.6) is 0 Å². The second-order valence-electron chi connectivity index (χ2n) is 5.45. The minimum Gasteiger partial charge on any atom is -0.355 e. The molecule has 0 spiro atoms. The van der Waals surface area contributed by atoms with Gasteiger partial charge in [0, 0.05) is 12.6 Å². The fraction of sp³-hybridized carbons (Fsp3) is 0.833. The fourth-order valence-corrected chi connectivity index (χ4v) is 3.51. The number of carbonyl (C=O) groups is 2. The van der Waals surface area contributed by atoms with Gasteiger partial charge < -0.3 is 10.6 Å². The van der Waals surface area contributed by atoms with E-state index < -0.39 is 21.2 Å². The van der Waals surface area contributed by atoms with Gasteiger partial charge in [0.25, 0.3) is 0 Å². The quantitative estimate of drug-likeness (QED) is 0.688.